The molecule has 0 bridgehead atoms. The summed E-state index contributed by atoms with van der Waals surface area (Å²) in [7, 11) is 0. The fourth-order valence-electron chi connectivity index (χ4n) is 3.90. The molecule has 0 atom stereocenters. The van der Waals surface area contributed by atoms with E-state index in [1.165, 1.54) is 18.5 Å². The second-order valence-corrected chi connectivity index (χ2v) is 7.77. The van der Waals surface area contributed by atoms with E-state index in [1.807, 2.05) is 17.0 Å². The first-order chi connectivity index (χ1) is 13.2. The maximum Gasteiger partial charge on any atom is 0.272 e. The summed E-state index contributed by atoms with van der Waals surface area (Å²) in [6, 6.07) is 12.3. The fourth-order valence-corrected chi connectivity index (χ4v) is 3.90. The Morgan fingerprint density at radius 2 is 1.70 bits per heavy atom. The molecule has 4 rings (SSSR count). The molecular formula is C22H28N4O. The maximum atomic E-state index is 12.5. The molecular weight excluding hydrogens is 336 g/mol. The van der Waals surface area contributed by atoms with Crippen molar-refractivity contribution in [1.29, 1.82) is 0 Å². The first-order valence-corrected chi connectivity index (χ1v) is 10.1. The fraction of sp³-hybridized carbons (Fsp3) is 0.455. The third-order valence-corrected chi connectivity index (χ3v) is 5.68. The Balaban J connectivity index is 1.41. The minimum Gasteiger partial charge on any atom is -0.372 e. The summed E-state index contributed by atoms with van der Waals surface area (Å²) >= 11 is 0. The van der Waals surface area contributed by atoms with Gasteiger partial charge in [0, 0.05) is 49.4 Å². The molecule has 2 aromatic rings. The zero-order valence-electron chi connectivity index (χ0n) is 16.0. The number of anilines is 3. The van der Waals surface area contributed by atoms with Crippen LogP contribution in [0.2, 0.25) is 0 Å². The van der Waals surface area contributed by atoms with Crippen LogP contribution in [0.25, 0.3) is 0 Å². The minimum absolute atomic E-state index is 0.0332. The molecule has 142 valence electrons. The van der Waals surface area contributed by atoms with E-state index in [-0.39, 0.29) is 5.91 Å². The first-order valence-electron chi connectivity index (χ1n) is 10.1. The summed E-state index contributed by atoms with van der Waals surface area (Å²) in [6.07, 6.45) is 6.42. The molecule has 1 aromatic carbocycles. The van der Waals surface area contributed by atoms with Gasteiger partial charge in [-0.25, -0.2) is 0 Å². The average molecular weight is 364 g/mol. The Hall–Kier alpha value is -2.56. The number of amides is 1. The summed E-state index contributed by atoms with van der Waals surface area (Å²) < 4.78 is 0. The SMILES string of the molecule is CC1CCN(c2ccc(Nc3ccnc(C(=O)N4CCCC4)c3)cc2)CC1. The van der Waals surface area contributed by atoms with Crippen LogP contribution in [0.5, 0.6) is 0 Å². The second kappa shape index (κ2) is 7.99. The van der Waals surface area contributed by atoms with Gasteiger partial charge in [-0.05, 0) is 68.0 Å². The predicted octanol–water partition coefficient (Wildman–Crippen LogP) is 4.30. The highest BCUT2D eigenvalue weighted by Crippen LogP contribution is 2.25. The quantitative estimate of drug-likeness (QED) is 0.879. The van der Waals surface area contributed by atoms with Crippen molar-refractivity contribution in [3.63, 3.8) is 0 Å². The molecule has 1 N–H and O–H groups in total. The summed E-state index contributed by atoms with van der Waals surface area (Å²) in [5.41, 5.74) is 3.72. The lowest BCUT2D eigenvalue weighted by atomic mass is 9.99. The van der Waals surface area contributed by atoms with Crippen molar-refractivity contribution in [2.45, 2.75) is 32.6 Å². The van der Waals surface area contributed by atoms with Crippen LogP contribution in [-0.2, 0) is 0 Å². The molecule has 1 amide bonds. The van der Waals surface area contributed by atoms with Gasteiger partial charge in [-0.2, -0.15) is 0 Å². The largest absolute Gasteiger partial charge is 0.372 e. The highest BCUT2D eigenvalue weighted by molar-refractivity contribution is 5.93. The van der Waals surface area contributed by atoms with Gasteiger partial charge >= 0.3 is 0 Å². The van der Waals surface area contributed by atoms with Crippen molar-refractivity contribution in [2.24, 2.45) is 5.92 Å². The number of aromatic nitrogens is 1. The summed E-state index contributed by atoms with van der Waals surface area (Å²) in [5, 5.41) is 3.40. The van der Waals surface area contributed by atoms with Crippen LogP contribution >= 0.6 is 0 Å². The summed E-state index contributed by atoms with van der Waals surface area (Å²) in [4.78, 5) is 21.1. The average Bonchev–Trinajstić information content (AvgIpc) is 3.24. The van der Waals surface area contributed by atoms with E-state index in [4.69, 9.17) is 0 Å². The molecule has 3 heterocycles. The number of carbonyl (C=O) groups excluding carboxylic acids is 1. The molecule has 1 aromatic heterocycles. The lowest BCUT2D eigenvalue weighted by Crippen LogP contribution is -2.32. The Kier molecular flexibility index (Phi) is 5.28. The van der Waals surface area contributed by atoms with Crippen LogP contribution in [0.1, 0.15) is 43.1 Å². The van der Waals surface area contributed by atoms with Gasteiger partial charge < -0.3 is 15.1 Å². The van der Waals surface area contributed by atoms with Crippen molar-refractivity contribution >= 4 is 23.0 Å². The standard InChI is InChI=1S/C22H28N4O/c1-17-9-14-25(15-10-17)20-6-4-18(5-7-20)24-19-8-11-23-21(16-19)22(27)26-12-2-3-13-26/h4-8,11,16-17H,2-3,9-10,12-15H2,1H3,(H,23,24). The van der Waals surface area contributed by atoms with Crippen LogP contribution in [0.4, 0.5) is 17.1 Å². The van der Waals surface area contributed by atoms with Crippen molar-refractivity contribution < 1.29 is 4.79 Å². The Morgan fingerprint density at radius 3 is 2.41 bits per heavy atom. The van der Waals surface area contributed by atoms with Crippen LogP contribution in [0, 0.1) is 5.92 Å². The van der Waals surface area contributed by atoms with Crippen LogP contribution in [0.15, 0.2) is 42.6 Å². The first kappa shape index (κ1) is 17.8. The third kappa shape index (κ3) is 4.24. The molecule has 0 saturated carbocycles. The topological polar surface area (TPSA) is 48.5 Å². The van der Waals surface area contributed by atoms with Gasteiger partial charge in [-0.15, -0.1) is 0 Å². The smallest absolute Gasteiger partial charge is 0.272 e. The number of likely N-dealkylation sites (tertiary alicyclic amines) is 1. The van der Waals surface area contributed by atoms with E-state index in [0.29, 0.717) is 5.69 Å². The molecule has 2 aliphatic rings. The highest BCUT2D eigenvalue weighted by atomic mass is 16.2. The zero-order chi connectivity index (χ0) is 18.6. The number of benzene rings is 1. The van der Waals surface area contributed by atoms with Gasteiger partial charge in [0.25, 0.3) is 5.91 Å². The highest BCUT2D eigenvalue weighted by Gasteiger charge is 2.20. The molecule has 2 saturated heterocycles. The van der Waals surface area contributed by atoms with Gasteiger partial charge in [0.15, 0.2) is 0 Å². The predicted molar refractivity (Wildman–Crippen MR) is 110 cm³/mol. The van der Waals surface area contributed by atoms with Crippen LogP contribution in [0.3, 0.4) is 0 Å². The number of hydrogen-bond donors (Lipinski definition) is 1. The van der Waals surface area contributed by atoms with Crippen molar-refractivity contribution in [3.05, 3.63) is 48.3 Å². The van der Waals surface area contributed by atoms with Gasteiger partial charge in [-0.1, -0.05) is 6.92 Å². The number of hydrogen-bond acceptors (Lipinski definition) is 4. The van der Waals surface area contributed by atoms with Gasteiger partial charge in [0.05, 0.1) is 0 Å². The van der Waals surface area contributed by atoms with Crippen molar-refractivity contribution in [2.75, 3.05) is 36.4 Å². The van der Waals surface area contributed by atoms with Crippen LogP contribution < -0.4 is 10.2 Å². The molecule has 5 nitrogen and oxygen atoms in total. The Morgan fingerprint density at radius 1 is 1.00 bits per heavy atom. The molecule has 27 heavy (non-hydrogen) atoms. The normalized spacial score (nSPS) is 18.0. The molecule has 0 unspecified atom stereocenters. The maximum absolute atomic E-state index is 12.5. The molecule has 0 aliphatic carbocycles. The molecule has 2 fully saturated rings. The second-order valence-electron chi connectivity index (χ2n) is 7.77. The summed E-state index contributed by atoms with van der Waals surface area (Å²) in [5.74, 6) is 0.872. The van der Waals surface area contributed by atoms with E-state index in [0.717, 1.165) is 56.3 Å². The number of nitrogens with one attached hydrogen (secondary N) is 1. The number of piperidine rings is 1. The van der Waals surface area contributed by atoms with E-state index in [9.17, 15) is 4.79 Å². The van der Waals surface area contributed by atoms with Crippen LogP contribution in [-0.4, -0.2) is 42.0 Å². The van der Waals surface area contributed by atoms with E-state index >= 15 is 0 Å². The minimum atomic E-state index is 0.0332. The molecule has 2 aliphatic heterocycles. The summed E-state index contributed by atoms with van der Waals surface area (Å²) in [6.45, 7) is 6.30. The van der Waals surface area contributed by atoms with Gasteiger partial charge in [-0.3, -0.25) is 9.78 Å². The Labute approximate surface area is 161 Å². The zero-order valence-corrected chi connectivity index (χ0v) is 16.0. The molecule has 0 radical (unpaired) electrons. The Bertz CT molecular complexity index is 775. The van der Waals surface area contributed by atoms with Crippen molar-refractivity contribution in [3.8, 4) is 0 Å². The lowest BCUT2D eigenvalue weighted by Gasteiger charge is -2.32. The van der Waals surface area contributed by atoms with Gasteiger partial charge in [0.2, 0.25) is 0 Å². The number of pyridine rings is 1. The lowest BCUT2D eigenvalue weighted by molar-refractivity contribution is 0.0787. The van der Waals surface area contributed by atoms with Gasteiger partial charge in [0.1, 0.15) is 5.69 Å². The number of carbonyl (C=O) groups is 1. The third-order valence-electron chi connectivity index (χ3n) is 5.68. The number of nitrogens with zero attached hydrogens (tertiary/aromatic N) is 3. The monoisotopic (exact) mass is 364 g/mol. The van der Waals surface area contributed by atoms with E-state index in [2.05, 4.69) is 46.4 Å². The molecule has 0 spiro atoms. The van der Waals surface area contributed by atoms with E-state index in [1.54, 1.807) is 6.20 Å². The molecule has 5 heteroatoms. The number of rotatable bonds is 4. The van der Waals surface area contributed by atoms with Crippen molar-refractivity contribution in [1.82, 2.24) is 9.88 Å². The van der Waals surface area contributed by atoms with E-state index < -0.39 is 0 Å².